The molecule has 1 aliphatic heterocycles. The Labute approximate surface area is 145 Å². The number of hydrogen-bond donors (Lipinski definition) is 2. The smallest absolute Gasteiger partial charge is 0.222 e. The highest BCUT2D eigenvalue weighted by Crippen LogP contribution is 2.21. The molecule has 0 aromatic rings. The van der Waals surface area contributed by atoms with E-state index in [4.69, 9.17) is 4.74 Å². The second-order valence-electron chi connectivity index (χ2n) is 7.22. The van der Waals surface area contributed by atoms with Crippen LogP contribution in [-0.4, -0.2) is 60.8 Å². The zero-order valence-corrected chi connectivity index (χ0v) is 15.5. The summed E-state index contributed by atoms with van der Waals surface area (Å²) in [7, 11) is 1.81. The van der Waals surface area contributed by atoms with E-state index in [1.807, 2.05) is 20.9 Å². The monoisotopic (exact) mass is 342 g/mol. The van der Waals surface area contributed by atoms with E-state index in [0.717, 1.165) is 19.3 Å². The Kier molecular flexibility index (Phi) is 9.29. The van der Waals surface area contributed by atoms with Crippen molar-refractivity contribution in [2.24, 2.45) is 5.92 Å². The molecule has 1 saturated heterocycles. The second-order valence-corrected chi connectivity index (χ2v) is 7.22. The summed E-state index contributed by atoms with van der Waals surface area (Å²) < 4.78 is 5.45. The first-order valence-electron chi connectivity index (χ1n) is 9.13. The van der Waals surface area contributed by atoms with E-state index >= 15 is 0 Å². The zero-order valence-electron chi connectivity index (χ0n) is 15.5. The van der Waals surface area contributed by atoms with Crippen molar-refractivity contribution in [1.29, 1.82) is 0 Å². The Bertz CT molecular complexity index is 364. The van der Waals surface area contributed by atoms with Gasteiger partial charge in [0.2, 0.25) is 11.8 Å². The fraction of sp³-hybridized carbons (Fsp3) is 0.889. The molecule has 0 bridgehead atoms. The summed E-state index contributed by atoms with van der Waals surface area (Å²) in [6.45, 7) is 5.92. The van der Waals surface area contributed by atoms with Crippen LogP contribution in [0.5, 0.6) is 0 Å². The number of rotatable bonds is 0. The third kappa shape index (κ3) is 8.64. The van der Waals surface area contributed by atoms with Gasteiger partial charge in [0, 0.05) is 39.1 Å². The van der Waals surface area contributed by atoms with Gasteiger partial charge in [-0.3, -0.25) is 9.59 Å². The average molecular weight is 342 g/mol. The molecule has 2 N–H and O–H groups in total. The highest BCUT2D eigenvalue weighted by molar-refractivity contribution is 5.78. The molecule has 2 amide bonds. The summed E-state index contributed by atoms with van der Waals surface area (Å²) in [5, 5.41) is 13.3. The first kappa shape index (κ1) is 20.9. The number of carbonyl (C=O) groups excluding carboxylic acids is 2. The fourth-order valence-electron chi connectivity index (χ4n) is 2.91. The van der Waals surface area contributed by atoms with Gasteiger partial charge in [-0.1, -0.05) is 6.92 Å². The number of nitrogens with zero attached hydrogens (tertiary/aromatic N) is 1. The molecule has 0 aromatic heterocycles. The predicted molar refractivity (Wildman–Crippen MR) is 93.6 cm³/mol. The van der Waals surface area contributed by atoms with Crippen molar-refractivity contribution in [3.05, 3.63) is 0 Å². The van der Waals surface area contributed by atoms with Crippen LogP contribution in [-0.2, 0) is 14.3 Å². The summed E-state index contributed by atoms with van der Waals surface area (Å²) in [6.07, 6.45) is 4.84. The standard InChI is InChI=1S/C18H34N2O4/c1-15-7-4-9-18(2,23)10-6-12-20(3)16(21)8-5-13-24-14-11-19-17(15)22/h15,23H,4-14H2,1-3H3,(H,19,22)/t15-,18+/m1/s1. The van der Waals surface area contributed by atoms with E-state index in [9.17, 15) is 14.7 Å². The number of amides is 2. The SMILES string of the molecule is C[C@@H]1CCC[C@](C)(O)CCCN(C)C(=O)CCCOCCNC1=O. The zero-order chi connectivity index (χ0) is 18.0. The van der Waals surface area contributed by atoms with E-state index in [-0.39, 0.29) is 17.7 Å². The van der Waals surface area contributed by atoms with Crippen molar-refractivity contribution < 1.29 is 19.4 Å². The first-order chi connectivity index (χ1) is 11.3. The van der Waals surface area contributed by atoms with E-state index < -0.39 is 5.60 Å². The Morgan fingerprint density at radius 1 is 1.21 bits per heavy atom. The maximum Gasteiger partial charge on any atom is 0.222 e. The van der Waals surface area contributed by atoms with Crippen molar-refractivity contribution in [3.8, 4) is 0 Å². The highest BCUT2D eigenvalue weighted by atomic mass is 16.5. The highest BCUT2D eigenvalue weighted by Gasteiger charge is 2.22. The second kappa shape index (κ2) is 10.7. The average Bonchev–Trinajstić information content (AvgIpc) is 2.52. The van der Waals surface area contributed by atoms with Gasteiger partial charge in [-0.05, 0) is 45.4 Å². The van der Waals surface area contributed by atoms with E-state index in [1.54, 1.807) is 4.90 Å². The first-order valence-corrected chi connectivity index (χ1v) is 9.13. The predicted octanol–water partition coefficient (Wildman–Crippen LogP) is 1.71. The van der Waals surface area contributed by atoms with Gasteiger partial charge >= 0.3 is 0 Å². The summed E-state index contributed by atoms with van der Waals surface area (Å²) in [4.78, 5) is 25.7. The maximum atomic E-state index is 12.0. The van der Waals surface area contributed by atoms with E-state index in [1.165, 1.54) is 0 Å². The van der Waals surface area contributed by atoms with Gasteiger partial charge in [0.15, 0.2) is 0 Å². The Balaban J connectivity index is 2.52. The van der Waals surface area contributed by atoms with Crippen LogP contribution in [0.2, 0.25) is 0 Å². The normalized spacial score (nSPS) is 30.3. The maximum absolute atomic E-state index is 12.0. The molecule has 0 aromatic carbocycles. The third-order valence-corrected chi connectivity index (χ3v) is 4.66. The molecule has 140 valence electrons. The largest absolute Gasteiger partial charge is 0.390 e. The van der Waals surface area contributed by atoms with Crippen molar-refractivity contribution in [2.45, 2.75) is 64.4 Å². The number of nitrogens with one attached hydrogen (secondary N) is 1. The summed E-state index contributed by atoms with van der Waals surface area (Å²) in [5.41, 5.74) is -0.737. The van der Waals surface area contributed by atoms with Gasteiger partial charge in [-0.2, -0.15) is 0 Å². The van der Waals surface area contributed by atoms with Crippen LogP contribution in [0.1, 0.15) is 58.8 Å². The molecule has 6 heteroatoms. The third-order valence-electron chi connectivity index (χ3n) is 4.66. The molecule has 2 atom stereocenters. The fourth-order valence-corrected chi connectivity index (χ4v) is 2.91. The minimum atomic E-state index is -0.737. The molecule has 0 spiro atoms. The number of hydrogen-bond acceptors (Lipinski definition) is 4. The van der Waals surface area contributed by atoms with Crippen LogP contribution < -0.4 is 5.32 Å². The summed E-state index contributed by atoms with van der Waals surface area (Å²) >= 11 is 0. The number of ether oxygens (including phenoxy) is 1. The molecule has 0 saturated carbocycles. The van der Waals surface area contributed by atoms with Gasteiger partial charge in [0.25, 0.3) is 0 Å². The van der Waals surface area contributed by atoms with Crippen LogP contribution in [0.4, 0.5) is 0 Å². The van der Waals surface area contributed by atoms with Crippen LogP contribution in [0.3, 0.4) is 0 Å². The lowest BCUT2D eigenvalue weighted by Gasteiger charge is -2.25. The topological polar surface area (TPSA) is 78.9 Å². The van der Waals surface area contributed by atoms with Crippen LogP contribution >= 0.6 is 0 Å². The van der Waals surface area contributed by atoms with Crippen molar-refractivity contribution in [2.75, 3.05) is 33.4 Å². The van der Waals surface area contributed by atoms with Gasteiger partial charge in [-0.25, -0.2) is 0 Å². The molecule has 0 radical (unpaired) electrons. The van der Waals surface area contributed by atoms with Gasteiger partial charge < -0.3 is 20.1 Å². The molecule has 0 unspecified atom stereocenters. The summed E-state index contributed by atoms with van der Waals surface area (Å²) in [5.74, 6) is 0.0982. The molecular weight excluding hydrogens is 308 g/mol. The molecule has 1 heterocycles. The quantitative estimate of drug-likeness (QED) is 0.702. The van der Waals surface area contributed by atoms with Gasteiger partial charge in [0.05, 0.1) is 12.2 Å². The molecular formula is C18H34N2O4. The van der Waals surface area contributed by atoms with Crippen molar-refractivity contribution in [3.63, 3.8) is 0 Å². The van der Waals surface area contributed by atoms with Gasteiger partial charge in [-0.15, -0.1) is 0 Å². The molecule has 1 aliphatic rings. The number of aliphatic hydroxyl groups is 1. The minimum Gasteiger partial charge on any atom is -0.390 e. The van der Waals surface area contributed by atoms with E-state index in [0.29, 0.717) is 52.0 Å². The Hall–Kier alpha value is -1.14. The lowest BCUT2D eigenvalue weighted by molar-refractivity contribution is -0.130. The van der Waals surface area contributed by atoms with Gasteiger partial charge in [0.1, 0.15) is 0 Å². The van der Waals surface area contributed by atoms with E-state index in [2.05, 4.69) is 5.32 Å². The molecule has 0 aliphatic carbocycles. The molecule has 1 rings (SSSR count). The van der Waals surface area contributed by atoms with Crippen LogP contribution in [0, 0.1) is 5.92 Å². The lowest BCUT2D eigenvalue weighted by atomic mass is 9.91. The van der Waals surface area contributed by atoms with Crippen LogP contribution in [0.25, 0.3) is 0 Å². The Morgan fingerprint density at radius 2 is 1.92 bits per heavy atom. The van der Waals surface area contributed by atoms with Crippen LogP contribution in [0.15, 0.2) is 0 Å². The lowest BCUT2D eigenvalue weighted by Crippen LogP contribution is -2.33. The molecule has 6 nitrogen and oxygen atoms in total. The Morgan fingerprint density at radius 3 is 2.67 bits per heavy atom. The van der Waals surface area contributed by atoms with Crippen molar-refractivity contribution >= 4 is 11.8 Å². The minimum absolute atomic E-state index is 0.0381. The van der Waals surface area contributed by atoms with Crippen molar-refractivity contribution in [1.82, 2.24) is 10.2 Å². The molecule has 24 heavy (non-hydrogen) atoms. The number of carbonyl (C=O) groups is 2. The molecule has 1 fully saturated rings. The summed E-state index contributed by atoms with van der Waals surface area (Å²) in [6, 6.07) is 0.